The van der Waals surface area contributed by atoms with E-state index in [-0.39, 0.29) is 17.9 Å². The molecule has 4 rings (SSSR count). The Bertz CT molecular complexity index is 1120. The van der Waals surface area contributed by atoms with Crippen LogP contribution in [0.1, 0.15) is 24.0 Å². The number of ether oxygens (including phenoxy) is 2. The number of hydrogen-bond donors (Lipinski definition) is 2. The number of methoxy groups -OCH3 is 1. The van der Waals surface area contributed by atoms with Crippen LogP contribution in [0, 0.1) is 5.92 Å². The van der Waals surface area contributed by atoms with Gasteiger partial charge in [0.2, 0.25) is 5.91 Å². The quantitative estimate of drug-likeness (QED) is 0.510. The summed E-state index contributed by atoms with van der Waals surface area (Å²) in [5.41, 5.74) is 2.66. The third-order valence-corrected chi connectivity index (χ3v) is 5.94. The Kier molecular flexibility index (Phi) is 8.17. The fraction of sp³-hybridized carbons (Fsp3) is 0.296. The molecule has 182 valence electrons. The van der Waals surface area contributed by atoms with E-state index in [1.54, 1.807) is 24.4 Å². The lowest BCUT2D eigenvalue weighted by atomic mass is 9.97. The highest BCUT2D eigenvalue weighted by molar-refractivity contribution is 5.90. The number of aromatic nitrogens is 1. The predicted molar refractivity (Wildman–Crippen MR) is 133 cm³/mol. The van der Waals surface area contributed by atoms with Gasteiger partial charge in [0.05, 0.1) is 13.0 Å². The van der Waals surface area contributed by atoms with Gasteiger partial charge in [0.15, 0.2) is 11.5 Å². The topological polar surface area (TPSA) is 92.8 Å². The number of piperidine rings is 1. The first-order valence-electron chi connectivity index (χ1n) is 11.7. The van der Waals surface area contributed by atoms with Crippen LogP contribution in [0.2, 0.25) is 0 Å². The van der Waals surface area contributed by atoms with Gasteiger partial charge in [-0.15, -0.1) is 0 Å². The number of hydrogen-bond acceptors (Lipinski definition) is 5. The van der Waals surface area contributed by atoms with Crippen molar-refractivity contribution < 1.29 is 19.1 Å². The minimum atomic E-state index is -0.241. The average molecular weight is 475 g/mol. The molecule has 0 bridgehead atoms. The second-order valence-electron chi connectivity index (χ2n) is 8.43. The zero-order chi connectivity index (χ0) is 24.5. The lowest BCUT2D eigenvalue weighted by molar-refractivity contribution is -0.126. The zero-order valence-electron chi connectivity index (χ0n) is 19.8. The molecule has 1 aromatic heterocycles. The van der Waals surface area contributed by atoms with Crippen LogP contribution in [0.3, 0.4) is 0 Å². The summed E-state index contributed by atoms with van der Waals surface area (Å²) in [5.74, 6) is 0.938. The van der Waals surface area contributed by atoms with Crippen LogP contribution < -0.4 is 20.1 Å². The van der Waals surface area contributed by atoms with Gasteiger partial charge < -0.3 is 25.0 Å². The third-order valence-electron chi connectivity index (χ3n) is 5.94. The lowest BCUT2D eigenvalue weighted by Gasteiger charge is -2.32. The molecular weight excluding hydrogens is 444 g/mol. The molecule has 0 spiro atoms. The number of carbonyl (C=O) groups excluding carboxylic acids is 2. The summed E-state index contributed by atoms with van der Waals surface area (Å²) in [5, 5.41) is 5.90. The molecule has 35 heavy (non-hydrogen) atoms. The smallest absolute Gasteiger partial charge is 0.321 e. The lowest BCUT2D eigenvalue weighted by Crippen LogP contribution is -2.46. The summed E-state index contributed by atoms with van der Waals surface area (Å²) in [4.78, 5) is 31.2. The minimum Gasteiger partial charge on any atom is -0.493 e. The van der Waals surface area contributed by atoms with E-state index in [0.29, 0.717) is 37.7 Å². The highest BCUT2D eigenvalue weighted by Crippen LogP contribution is 2.29. The maximum Gasteiger partial charge on any atom is 0.321 e. The molecule has 8 heteroatoms. The largest absolute Gasteiger partial charge is 0.493 e. The summed E-state index contributed by atoms with van der Waals surface area (Å²) >= 11 is 0. The molecule has 0 aliphatic carbocycles. The van der Waals surface area contributed by atoms with Gasteiger partial charge in [-0.2, -0.15) is 0 Å². The van der Waals surface area contributed by atoms with Crippen LogP contribution in [-0.2, 0) is 17.9 Å². The Morgan fingerprint density at radius 2 is 1.83 bits per heavy atom. The van der Waals surface area contributed by atoms with Gasteiger partial charge in [0.1, 0.15) is 6.61 Å². The van der Waals surface area contributed by atoms with Crippen molar-refractivity contribution in [2.75, 3.05) is 25.5 Å². The number of nitrogens with one attached hydrogen (secondary N) is 2. The number of amides is 3. The average Bonchev–Trinajstić information content (AvgIpc) is 2.92. The van der Waals surface area contributed by atoms with E-state index in [1.165, 1.54) is 0 Å². The molecule has 0 saturated carbocycles. The number of nitrogens with zero attached hydrogens (tertiary/aromatic N) is 2. The number of urea groups is 1. The molecule has 2 N–H and O–H groups in total. The first-order chi connectivity index (χ1) is 17.1. The standard InChI is InChI=1S/C27H30N4O4/c1-34-25-16-21(9-10-24(25)35-19-20-11-13-28-14-12-20)17-29-26(32)22-6-5-15-31(18-22)27(33)30-23-7-3-2-4-8-23/h2-4,7-14,16,22H,5-6,15,17-19H2,1H3,(H,29,32)(H,30,33). The van der Waals surface area contributed by atoms with Crippen LogP contribution in [-0.4, -0.2) is 42.0 Å². The van der Waals surface area contributed by atoms with E-state index in [0.717, 1.165) is 29.7 Å². The molecule has 1 aliphatic rings. The zero-order valence-corrected chi connectivity index (χ0v) is 19.8. The first kappa shape index (κ1) is 24.1. The van der Waals surface area contributed by atoms with Crippen LogP contribution in [0.25, 0.3) is 0 Å². The fourth-order valence-corrected chi connectivity index (χ4v) is 4.01. The van der Waals surface area contributed by atoms with Crippen molar-refractivity contribution in [3.63, 3.8) is 0 Å². The van der Waals surface area contributed by atoms with Gasteiger partial charge in [-0.3, -0.25) is 9.78 Å². The highest BCUT2D eigenvalue weighted by Gasteiger charge is 2.28. The summed E-state index contributed by atoms with van der Waals surface area (Å²) in [7, 11) is 1.59. The van der Waals surface area contributed by atoms with Gasteiger partial charge in [-0.25, -0.2) is 4.79 Å². The minimum absolute atomic E-state index is 0.0563. The molecule has 1 unspecified atom stereocenters. The Morgan fingerprint density at radius 1 is 1.03 bits per heavy atom. The van der Waals surface area contributed by atoms with E-state index >= 15 is 0 Å². The molecule has 1 atom stereocenters. The molecule has 2 aromatic carbocycles. The Morgan fingerprint density at radius 3 is 2.60 bits per heavy atom. The van der Waals surface area contributed by atoms with Gasteiger partial charge in [0, 0.05) is 37.7 Å². The Hall–Kier alpha value is -4.07. The van der Waals surface area contributed by atoms with E-state index in [4.69, 9.17) is 9.47 Å². The first-order valence-corrected chi connectivity index (χ1v) is 11.7. The summed E-state index contributed by atoms with van der Waals surface area (Å²) in [6.45, 7) is 1.81. The van der Waals surface area contributed by atoms with Crippen molar-refractivity contribution in [3.8, 4) is 11.5 Å². The molecule has 0 radical (unpaired) electrons. The van der Waals surface area contributed by atoms with E-state index in [2.05, 4.69) is 15.6 Å². The number of anilines is 1. The van der Waals surface area contributed by atoms with Gasteiger partial charge >= 0.3 is 6.03 Å². The third kappa shape index (κ3) is 6.72. The maximum atomic E-state index is 12.8. The second-order valence-corrected chi connectivity index (χ2v) is 8.43. The van der Waals surface area contributed by atoms with Crippen molar-refractivity contribution >= 4 is 17.6 Å². The maximum absolute atomic E-state index is 12.8. The van der Waals surface area contributed by atoms with Gasteiger partial charge in [-0.1, -0.05) is 24.3 Å². The van der Waals surface area contributed by atoms with E-state index in [1.807, 2.05) is 60.7 Å². The van der Waals surface area contributed by atoms with Crippen molar-refractivity contribution in [2.24, 2.45) is 5.92 Å². The van der Waals surface area contributed by atoms with Crippen LogP contribution >= 0.6 is 0 Å². The molecule has 2 heterocycles. The second kappa shape index (κ2) is 11.9. The Balaban J connectivity index is 1.29. The number of likely N-dealkylation sites (tertiary alicyclic amines) is 1. The predicted octanol–water partition coefficient (Wildman–Crippen LogP) is 4.23. The number of carbonyl (C=O) groups is 2. The number of pyridine rings is 1. The van der Waals surface area contributed by atoms with Crippen molar-refractivity contribution in [1.29, 1.82) is 0 Å². The Labute approximate surface area is 205 Å². The van der Waals surface area contributed by atoms with E-state index in [9.17, 15) is 9.59 Å². The summed E-state index contributed by atoms with van der Waals surface area (Å²) in [6, 6.07) is 18.6. The summed E-state index contributed by atoms with van der Waals surface area (Å²) in [6.07, 6.45) is 5.00. The number of benzene rings is 2. The number of para-hydroxylation sites is 1. The normalized spacial score (nSPS) is 15.2. The SMILES string of the molecule is COc1cc(CNC(=O)C2CCCN(C(=O)Nc3ccccc3)C2)ccc1OCc1ccncc1. The fourth-order valence-electron chi connectivity index (χ4n) is 4.01. The molecule has 1 aliphatic heterocycles. The van der Waals surface area contributed by atoms with Crippen molar-refractivity contribution in [1.82, 2.24) is 15.2 Å². The van der Waals surface area contributed by atoms with Gasteiger partial charge in [-0.05, 0) is 60.4 Å². The van der Waals surface area contributed by atoms with Crippen molar-refractivity contribution in [3.05, 3.63) is 84.2 Å². The van der Waals surface area contributed by atoms with Crippen LogP contribution in [0.4, 0.5) is 10.5 Å². The van der Waals surface area contributed by atoms with Crippen molar-refractivity contribution in [2.45, 2.75) is 26.0 Å². The number of rotatable bonds is 8. The molecule has 3 amide bonds. The monoisotopic (exact) mass is 474 g/mol. The molecule has 8 nitrogen and oxygen atoms in total. The molecular formula is C27H30N4O4. The molecule has 3 aromatic rings. The molecule has 1 saturated heterocycles. The van der Waals surface area contributed by atoms with E-state index < -0.39 is 0 Å². The van der Waals surface area contributed by atoms with Gasteiger partial charge in [0.25, 0.3) is 0 Å². The molecule has 1 fully saturated rings. The van der Waals surface area contributed by atoms with Crippen LogP contribution in [0.5, 0.6) is 11.5 Å². The van der Waals surface area contributed by atoms with Crippen LogP contribution in [0.15, 0.2) is 73.1 Å². The summed E-state index contributed by atoms with van der Waals surface area (Å²) < 4.78 is 11.4. The highest BCUT2D eigenvalue weighted by atomic mass is 16.5.